The van der Waals surface area contributed by atoms with Crippen molar-refractivity contribution in [3.63, 3.8) is 0 Å². The molecule has 1 saturated carbocycles. The van der Waals surface area contributed by atoms with Crippen LogP contribution in [0.3, 0.4) is 0 Å². The van der Waals surface area contributed by atoms with Crippen LogP contribution in [0.2, 0.25) is 0 Å². The number of non-ortho nitro benzene ring substituents is 1. The van der Waals surface area contributed by atoms with Crippen LogP contribution >= 0.6 is 0 Å². The van der Waals surface area contributed by atoms with Crippen molar-refractivity contribution in [1.29, 1.82) is 0 Å². The van der Waals surface area contributed by atoms with Gasteiger partial charge in [0.25, 0.3) is 5.69 Å². The van der Waals surface area contributed by atoms with Crippen LogP contribution in [0.1, 0.15) is 67.2 Å². The Hall–Kier alpha value is -4.00. The lowest BCUT2D eigenvalue weighted by Crippen LogP contribution is -2.43. The molecule has 1 aliphatic heterocycles. The van der Waals surface area contributed by atoms with Gasteiger partial charge in [-0.05, 0) is 80.3 Å². The fourth-order valence-corrected chi connectivity index (χ4v) is 6.43. The molecule has 0 radical (unpaired) electrons. The summed E-state index contributed by atoms with van der Waals surface area (Å²) in [5.74, 6) is 0.301. The topological polar surface area (TPSA) is 79.0 Å². The van der Waals surface area contributed by atoms with Crippen molar-refractivity contribution >= 4 is 28.8 Å². The molecule has 1 heterocycles. The first-order valence-electron chi connectivity index (χ1n) is 14.1. The van der Waals surface area contributed by atoms with Crippen LogP contribution in [-0.4, -0.2) is 27.7 Å². The lowest BCUT2D eigenvalue weighted by atomic mass is 9.82. The second-order valence-corrected chi connectivity index (χ2v) is 11.1. The van der Waals surface area contributed by atoms with Crippen molar-refractivity contribution in [2.75, 3.05) is 4.90 Å². The smallest absolute Gasteiger partial charge is 0.261 e. The summed E-state index contributed by atoms with van der Waals surface area (Å²) in [6, 6.07) is 20.9. The predicted molar refractivity (Wildman–Crippen MR) is 154 cm³/mol. The number of amides is 2. The standard InChI is InChI=1S/C32H34N4O3/c1-22-11-20-29-30(21-22)34(26-16-18-28(19-17-26)36(38)39)32(37)35(33-31(29)25-9-3-2-4-10-25)27-14-12-23-7-5-6-8-24(23)13-15-27/h5-8,11,16-21,25,27H,2-4,9-10,12-15H2,1H3. The molecule has 3 aromatic rings. The third kappa shape index (κ3) is 4.93. The van der Waals surface area contributed by atoms with Crippen molar-refractivity contribution in [3.8, 4) is 0 Å². The van der Waals surface area contributed by atoms with E-state index in [9.17, 15) is 14.9 Å². The first-order valence-corrected chi connectivity index (χ1v) is 14.1. The van der Waals surface area contributed by atoms with Crippen molar-refractivity contribution in [2.24, 2.45) is 11.0 Å². The largest absolute Gasteiger partial charge is 0.349 e. The van der Waals surface area contributed by atoms with Crippen molar-refractivity contribution in [1.82, 2.24) is 5.01 Å². The summed E-state index contributed by atoms with van der Waals surface area (Å²) in [7, 11) is 0. The number of nitro benzene ring substituents is 1. The number of benzene rings is 3. The van der Waals surface area contributed by atoms with Gasteiger partial charge in [-0.1, -0.05) is 55.7 Å². The Morgan fingerprint density at radius 1 is 0.872 bits per heavy atom. The zero-order valence-corrected chi connectivity index (χ0v) is 22.4. The Kier molecular flexibility index (Phi) is 6.90. The summed E-state index contributed by atoms with van der Waals surface area (Å²) in [5.41, 5.74) is 7.16. The van der Waals surface area contributed by atoms with Crippen molar-refractivity contribution < 1.29 is 9.72 Å². The van der Waals surface area contributed by atoms with E-state index in [1.807, 2.05) is 6.92 Å². The number of urea groups is 1. The lowest BCUT2D eigenvalue weighted by Gasteiger charge is -2.31. The molecule has 2 amide bonds. The second-order valence-electron chi connectivity index (χ2n) is 11.1. The zero-order valence-electron chi connectivity index (χ0n) is 22.4. The average Bonchev–Trinajstić information content (AvgIpc) is 3.24. The van der Waals surface area contributed by atoms with Crippen LogP contribution in [0, 0.1) is 23.0 Å². The van der Waals surface area contributed by atoms with Crippen LogP contribution in [0.15, 0.2) is 71.8 Å². The number of carbonyl (C=O) groups is 1. The maximum absolute atomic E-state index is 14.6. The summed E-state index contributed by atoms with van der Waals surface area (Å²) >= 11 is 0. The Bertz CT molecular complexity index is 1400. The molecular formula is C32H34N4O3. The second kappa shape index (κ2) is 10.6. The first kappa shape index (κ1) is 25.3. The fourth-order valence-electron chi connectivity index (χ4n) is 6.43. The van der Waals surface area contributed by atoms with E-state index in [-0.39, 0.29) is 17.8 Å². The molecule has 7 heteroatoms. The van der Waals surface area contributed by atoms with Gasteiger partial charge in [0.2, 0.25) is 0 Å². The summed E-state index contributed by atoms with van der Waals surface area (Å²) in [5, 5.41) is 18.4. The number of rotatable bonds is 4. The van der Waals surface area contributed by atoms with Gasteiger partial charge in [-0.25, -0.2) is 9.80 Å². The molecule has 0 unspecified atom stereocenters. The van der Waals surface area contributed by atoms with Crippen LogP contribution < -0.4 is 4.90 Å². The fraction of sp³-hybridized carbons (Fsp3) is 0.375. The van der Waals surface area contributed by atoms with Crippen molar-refractivity contribution in [3.05, 3.63) is 99.1 Å². The molecule has 0 atom stereocenters. The molecule has 0 aromatic heterocycles. The minimum absolute atomic E-state index is 0.00280. The maximum atomic E-state index is 14.6. The Labute approximate surface area is 229 Å². The molecular weight excluding hydrogens is 488 g/mol. The van der Waals surface area contributed by atoms with E-state index in [4.69, 9.17) is 5.10 Å². The van der Waals surface area contributed by atoms with E-state index in [1.165, 1.54) is 42.5 Å². The highest BCUT2D eigenvalue weighted by Crippen LogP contribution is 2.39. The van der Waals surface area contributed by atoms with E-state index >= 15 is 0 Å². The van der Waals surface area contributed by atoms with Gasteiger partial charge in [0.15, 0.2) is 0 Å². The zero-order chi connectivity index (χ0) is 26.9. The van der Waals surface area contributed by atoms with Gasteiger partial charge >= 0.3 is 6.03 Å². The first-order chi connectivity index (χ1) is 19.0. The summed E-state index contributed by atoms with van der Waals surface area (Å²) in [6.45, 7) is 2.03. The number of fused-ring (bicyclic) bond motifs is 2. The van der Waals surface area contributed by atoms with Gasteiger partial charge in [-0.15, -0.1) is 0 Å². The molecule has 2 aliphatic carbocycles. The molecule has 1 fully saturated rings. The number of nitro groups is 1. The summed E-state index contributed by atoms with van der Waals surface area (Å²) in [6.07, 6.45) is 9.21. The Morgan fingerprint density at radius 3 is 2.18 bits per heavy atom. The molecule has 200 valence electrons. The molecule has 3 aromatic carbocycles. The van der Waals surface area contributed by atoms with E-state index < -0.39 is 4.92 Å². The highest BCUT2D eigenvalue weighted by atomic mass is 16.6. The Morgan fingerprint density at radius 2 is 1.54 bits per heavy atom. The third-order valence-electron chi connectivity index (χ3n) is 8.54. The molecule has 0 N–H and O–H groups in total. The van der Waals surface area contributed by atoms with Crippen LogP contribution in [0.25, 0.3) is 0 Å². The lowest BCUT2D eigenvalue weighted by molar-refractivity contribution is -0.384. The number of nitrogens with zero attached hydrogens (tertiary/aromatic N) is 4. The minimum atomic E-state index is -0.411. The molecule has 7 nitrogen and oxygen atoms in total. The summed E-state index contributed by atoms with van der Waals surface area (Å²) < 4.78 is 0. The van der Waals surface area contributed by atoms with Crippen LogP contribution in [0.5, 0.6) is 0 Å². The number of anilines is 2. The van der Waals surface area contributed by atoms with Crippen molar-refractivity contribution in [2.45, 2.75) is 70.8 Å². The Balaban J connectivity index is 1.47. The highest BCUT2D eigenvalue weighted by Gasteiger charge is 2.37. The monoisotopic (exact) mass is 522 g/mol. The van der Waals surface area contributed by atoms with Crippen LogP contribution in [-0.2, 0) is 12.8 Å². The minimum Gasteiger partial charge on any atom is -0.261 e. The summed E-state index contributed by atoms with van der Waals surface area (Å²) in [4.78, 5) is 27.2. The normalized spacial score (nSPS) is 18.6. The number of hydrogen-bond acceptors (Lipinski definition) is 4. The quantitative estimate of drug-likeness (QED) is 0.200. The van der Waals surface area contributed by atoms with Crippen LogP contribution in [0.4, 0.5) is 21.9 Å². The molecule has 0 saturated heterocycles. The predicted octanol–water partition coefficient (Wildman–Crippen LogP) is 7.71. The number of carbonyl (C=O) groups excluding carboxylic acids is 1. The average molecular weight is 523 g/mol. The molecule has 6 rings (SSSR count). The maximum Gasteiger partial charge on any atom is 0.349 e. The van der Waals surface area contributed by atoms with Gasteiger partial charge in [0.1, 0.15) is 0 Å². The SMILES string of the molecule is Cc1ccc2c(c1)N(c1ccc([N+](=O)[O-])cc1)C(=O)N(C1CCc3ccccc3CC1)N=C2C1CCCCC1. The molecule has 39 heavy (non-hydrogen) atoms. The number of aryl methyl sites for hydroxylation is 3. The third-order valence-corrected chi connectivity index (χ3v) is 8.54. The van der Waals surface area contributed by atoms with E-state index in [0.29, 0.717) is 11.6 Å². The van der Waals surface area contributed by atoms with E-state index in [1.54, 1.807) is 22.0 Å². The van der Waals surface area contributed by atoms with Gasteiger partial charge in [0, 0.05) is 23.6 Å². The van der Waals surface area contributed by atoms with Gasteiger partial charge in [-0.2, -0.15) is 5.10 Å². The van der Waals surface area contributed by atoms with E-state index in [2.05, 4.69) is 42.5 Å². The van der Waals surface area contributed by atoms with Gasteiger partial charge < -0.3 is 0 Å². The van der Waals surface area contributed by atoms with E-state index in [0.717, 1.165) is 61.1 Å². The molecule has 3 aliphatic rings. The molecule has 0 spiro atoms. The number of hydrazone groups is 1. The van der Waals surface area contributed by atoms with Gasteiger partial charge in [-0.3, -0.25) is 15.0 Å². The highest BCUT2D eigenvalue weighted by molar-refractivity contribution is 6.14. The van der Waals surface area contributed by atoms with Gasteiger partial charge in [0.05, 0.1) is 28.1 Å². The molecule has 0 bridgehead atoms. The number of hydrogen-bond donors (Lipinski definition) is 0.